The van der Waals surface area contributed by atoms with Crippen molar-refractivity contribution >= 4 is 28.4 Å². The number of rotatable bonds is 3. The zero-order valence-corrected chi connectivity index (χ0v) is 13.8. The third-order valence-corrected chi connectivity index (χ3v) is 4.65. The Morgan fingerprint density at radius 1 is 1.24 bits per heavy atom. The number of ether oxygens (including phenoxy) is 1. The molecule has 25 heavy (non-hydrogen) atoms. The lowest BCUT2D eigenvalue weighted by Crippen LogP contribution is -2.03. The molecule has 0 unspecified atom stereocenters. The summed E-state index contributed by atoms with van der Waals surface area (Å²) in [6.45, 7) is 0. The Morgan fingerprint density at radius 3 is 2.80 bits per heavy atom. The minimum atomic E-state index is -0.564. The first-order valence-corrected chi connectivity index (χ1v) is 8.24. The van der Waals surface area contributed by atoms with Crippen molar-refractivity contribution in [1.29, 1.82) is 0 Å². The lowest BCUT2D eigenvalue weighted by atomic mass is 10.0. The number of benzene rings is 1. The molecule has 0 N–H and O–H groups in total. The molecule has 0 atom stereocenters. The number of carbonyl (C=O) groups is 1. The minimum Gasteiger partial charge on any atom is -0.465 e. The molecule has 4 rings (SSSR count). The second-order valence-corrected chi connectivity index (χ2v) is 6.16. The number of fused-ring (bicyclic) bond motifs is 1. The fourth-order valence-electron chi connectivity index (χ4n) is 2.61. The monoisotopic (exact) mass is 354 g/mol. The van der Waals surface area contributed by atoms with Crippen LogP contribution in [0.15, 0.2) is 52.4 Å². The maximum atomic E-state index is 14.2. The highest BCUT2D eigenvalue weighted by Crippen LogP contribution is 2.34. The van der Waals surface area contributed by atoms with Gasteiger partial charge in [-0.1, -0.05) is 23.4 Å². The van der Waals surface area contributed by atoms with Gasteiger partial charge in [0.15, 0.2) is 0 Å². The third-order valence-electron chi connectivity index (χ3n) is 3.75. The lowest BCUT2D eigenvalue weighted by Gasteiger charge is -2.05. The van der Waals surface area contributed by atoms with Gasteiger partial charge in [-0.15, -0.1) is 11.3 Å². The van der Waals surface area contributed by atoms with Crippen molar-refractivity contribution in [2.75, 3.05) is 7.11 Å². The van der Waals surface area contributed by atoms with Crippen LogP contribution >= 0.6 is 11.3 Å². The number of hydrogen-bond donors (Lipinski definition) is 0. The Balaban J connectivity index is 2.02. The van der Waals surface area contributed by atoms with E-state index in [9.17, 15) is 9.18 Å². The molecule has 0 saturated heterocycles. The van der Waals surface area contributed by atoms with E-state index < -0.39 is 11.8 Å². The van der Waals surface area contributed by atoms with Crippen LogP contribution in [0.3, 0.4) is 0 Å². The van der Waals surface area contributed by atoms with E-state index >= 15 is 0 Å². The largest absolute Gasteiger partial charge is 0.465 e. The molecule has 0 aliphatic carbocycles. The minimum absolute atomic E-state index is 0.157. The van der Waals surface area contributed by atoms with Gasteiger partial charge in [-0.2, -0.15) is 0 Å². The van der Waals surface area contributed by atoms with Gasteiger partial charge in [0, 0.05) is 5.56 Å². The van der Waals surface area contributed by atoms with Gasteiger partial charge in [0.1, 0.15) is 11.5 Å². The maximum absolute atomic E-state index is 14.2. The Morgan fingerprint density at radius 2 is 2.08 bits per heavy atom. The van der Waals surface area contributed by atoms with Crippen LogP contribution in [-0.2, 0) is 4.74 Å². The molecule has 1 aromatic carbocycles. The molecular formula is C18H11FN2O3S. The predicted octanol–water partition coefficient (Wildman–Crippen LogP) is 4.54. The molecule has 0 fully saturated rings. The molecule has 3 aromatic heterocycles. The number of thiophene rings is 1. The molecular weight excluding hydrogens is 343 g/mol. The Labute approximate surface area is 145 Å². The van der Waals surface area contributed by atoms with Crippen LogP contribution in [0, 0.1) is 5.82 Å². The van der Waals surface area contributed by atoms with Crippen LogP contribution in [0.4, 0.5) is 4.39 Å². The molecule has 0 spiro atoms. The lowest BCUT2D eigenvalue weighted by molar-refractivity contribution is 0.0603. The molecule has 0 aliphatic rings. The number of esters is 1. The van der Waals surface area contributed by atoms with E-state index in [1.807, 2.05) is 17.5 Å². The van der Waals surface area contributed by atoms with E-state index in [4.69, 9.17) is 9.26 Å². The molecule has 7 heteroatoms. The third kappa shape index (κ3) is 2.58. The summed E-state index contributed by atoms with van der Waals surface area (Å²) < 4.78 is 24.4. The molecule has 124 valence electrons. The van der Waals surface area contributed by atoms with Crippen LogP contribution in [0.25, 0.3) is 32.9 Å². The van der Waals surface area contributed by atoms with Crippen LogP contribution in [0.5, 0.6) is 0 Å². The quantitative estimate of drug-likeness (QED) is 0.505. The van der Waals surface area contributed by atoms with Gasteiger partial charge in [0.05, 0.1) is 28.6 Å². The summed E-state index contributed by atoms with van der Waals surface area (Å²) in [7, 11) is 1.29. The predicted molar refractivity (Wildman–Crippen MR) is 91.9 cm³/mol. The summed E-state index contributed by atoms with van der Waals surface area (Å²) in [5.74, 6) is -1.03. The molecule has 3 heterocycles. The number of nitrogens with zero attached hydrogens (tertiary/aromatic N) is 2. The highest BCUT2D eigenvalue weighted by molar-refractivity contribution is 7.13. The zero-order chi connectivity index (χ0) is 17.4. The van der Waals surface area contributed by atoms with E-state index in [2.05, 4.69) is 10.1 Å². The highest BCUT2D eigenvalue weighted by Gasteiger charge is 2.23. The van der Waals surface area contributed by atoms with Crippen molar-refractivity contribution in [2.24, 2.45) is 0 Å². The van der Waals surface area contributed by atoms with Crippen molar-refractivity contribution in [1.82, 2.24) is 10.1 Å². The molecule has 0 radical (unpaired) electrons. The molecule has 0 saturated carbocycles. The fraction of sp³-hybridized carbons (Fsp3) is 0.0556. The fourth-order valence-corrected chi connectivity index (χ4v) is 3.30. The van der Waals surface area contributed by atoms with Gasteiger partial charge in [0.25, 0.3) is 5.71 Å². The number of methoxy groups -OCH3 is 1. The summed E-state index contributed by atoms with van der Waals surface area (Å²) in [4.78, 5) is 17.6. The molecule has 0 aliphatic heterocycles. The average Bonchev–Trinajstić information content (AvgIpc) is 3.30. The Kier molecular flexibility index (Phi) is 3.77. The number of aromatic nitrogens is 2. The second-order valence-electron chi connectivity index (χ2n) is 5.22. The summed E-state index contributed by atoms with van der Waals surface area (Å²) in [5.41, 5.74) is 1.41. The van der Waals surface area contributed by atoms with Crippen LogP contribution in [0.2, 0.25) is 0 Å². The van der Waals surface area contributed by atoms with Crippen LogP contribution < -0.4 is 0 Å². The number of halogens is 1. The van der Waals surface area contributed by atoms with Gasteiger partial charge in [-0.05, 0) is 29.6 Å². The van der Waals surface area contributed by atoms with Gasteiger partial charge in [0.2, 0.25) is 0 Å². The summed E-state index contributed by atoms with van der Waals surface area (Å²) in [6, 6.07) is 11.5. The molecule has 0 amide bonds. The summed E-state index contributed by atoms with van der Waals surface area (Å²) >= 11 is 1.48. The molecule has 0 bridgehead atoms. The molecule has 5 nitrogen and oxygen atoms in total. The SMILES string of the molecule is COC(=O)c1cc(-c2cccs2)nc2onc(-c3ccccc3F)c12. The van der Waals surface area contributed by atoms with E-state index in [1.165, 1.54) is 24.5 Å². The van der Waals surface area contributed by atoms with Crippen molar-refractivity contribution in [3.8, 4) is 21.8 Å². The van der Waals surface area contributed by atoms with E-state index in [1.54, 1.807) is 24.3 Å². The van der Waals surface area contributed by atoms with Gasteiger partial charge < -0.3 is 9.26 Å². The normalized spacial score (nSPS) is 11.0. The van der Waals surface area contributed by atoms with Gasteiger partial charge >= 0.3 is 5.97 Å². The Bertz CT molecular complexity index is 1070. The number of carbonyl (C=O) groups excluding carboxylic acids is 1. The standard InChI is InChI=1S/C18H11FN2O3S/c1-23-18(22)11-9-13(14-7-4-8-25-14)20-17-15(11)16(21-24-17)10-5-2-3-6-12(10)19/h2-9H,1H3. The first-order valence-electron chi connectivity index (χ1n) is 7.36. The van der Waals surface area contributed by atoms with Crippen molar-refractivity contribution < 1.29 is 18.4 Å². The summed E-state index contributed by atoms with van der Waals surface area (Å²) in [6.07, 6.45) is 0. The molecule has 4 aromatic rings. The number of hydrogen-bond acceptors (Lipinski definition) is 6. The Hall–Kier alpha value is -3.06. The maximum Gasteiger partial charge on any atom is 0.338 e. The summed E-state index contributed by atoms with van der Waals surface area (Å²) in [5, 5.41) is 6.18. The smallest absolute Gasteiger partial charge is 0.338 e. The van der Waals surface area contributed by atoms with Crippen molar-refractivity contribution in [3.63, 3.8) is 0 Å². The van der Waals surface area contributed by atoms with E-state index in [-0.39, 0.29) is 22.5 Å². The van der Waals surface area contributed by atoms with E-state index in [0.29, 0.717) is 11.1 Å². The van der Waals surface area contributed by atoms with Gasteiger partial charge in [-0.3, -0.25) is 0 Å². The average molecular weight is 354 g/mol. The van der Waals surface area contributed by atoms with Crippen molar-refractivity contribution in [2.45, 2.75) is 0 Å². The van der Waals surface area contributed by atoms with E-state index in [0.717, 1.165) is 4.88 Å². The first kappa shape index (κ1) is 15.5. The second kappa shape index (κ2) is 6.10. The van der Waals surface area contributed by atoms with Crippen LogP contribution in [-0.4, -0.2) is 23.2 Å². The highest BCUT2D eigenvalue weighted by atomic mass is 32.1. The van der Waals surface area contributed by atoms with Crippen molar-refractivity contribution in [3.05, 3.63) is 59.2 Å². The van der Waals surface area contributed by atoms with Gasteiger partial charge in [-0.25, -0.2) is 14.2 Å². The first-order chi connectivity index (χ1) is 12.2. The number of pyridine rings is 1. The topological polar surface area (TPSA) is 65.2 Å². The van der Waals surface area contributed by atoms with Crippen LogP contribution in [0.1, 0.15) is 10.4 Å². The zero-order valence-electron chi connectivity index (χ0n) is 13.0.